The van der Waals surface area contributed by atoms with Crippen LogP contribution in [0.3, 0.4) is 0 Å². The summed E-state index contributed by atoms with van der Waals surface area (Å²) in [6.45, 7) is 1.63. The van der Waals surface area contributed by atoms with E-state index in [-0.39, 0.29) is 10.8 Å². The van der Waals surface area contributed by atoms with Gasteiger partial charge in [-0.3, -0.25) is 0 Å². The molecule has 17 heavy (non-hydrogen) atoms. The number of aromatic hydroxyl groups is 1. The van der Waals surface area contributed by atoms with E-state index in [0.29, 0.717) is 17.0 Å². The molecule has 0 spiro atoms. The molecule has 0 bridgehead atoms. The fourth-order valence-electron chi connectivity index (χ4n) is 1.64. The van der Waals surface area contributed by atoms with E-state index in [1.54, 1.807) is 19.1 Å². The van der Waals surface area contributed by atoms with Gasteiger partial charge in [0.15, 0.2) is 0 Å². The number of pyridine rings is 1. The molecule has 1 heterocycles. The van der Waals surface area contributed by atoms with Gasteiger partial charge in [0.05, 0.1) is 23.8 Å². The molecule has 0 aliphatic carbocycles. The molecule has 2 aromatic rings. The number of rotatable bonds is 2. The lowest BCUT2D eigenvalue weighted by Crippen LogP contribution is -1.99. The molecule has 1 aromatic carbocycles. The van der Waals surface area contributed by atoms with E-state index in [9.17, 15) is 10.2 Å². The van der Waals surface area contributed by atoms with Gasteiger partial charge in [-0.25, -0.2) is 4.98 Å². The van der Waals surface area contributed by atoms with Crippen molar-refractivity contribution in [1.29, 1.82) is 0 Å². The Morgan fingerprint density at radius 3 is 2.65 bits per heavy atom. The van der Waals surface area contributed by atoms with Crippen LogP contribution in [0.15, 0.2) is 18.2 Å². The molecule has 5 heteroatoms. The quantitative estimate of drug-likeness (QED) is 0.864. The summed E-state index contributed by atoms with van der Waals surface area (Å²) in [7, 11) is 1.48. The fraction of sp³-hybridized carbons (Fsp3) is 0.250. The molecule has 2 rings (SSSR count). The maximum absolute atomic E-state index is 9.62. The van der Waals surface area contributed by atoms with Crippen LogP contribution in [-0.4, -0.2) is 22.3 Å². The Balaban J connectivity index is 2.74. The van der Waals surface area contributed by atoms with Crippen molar-refractivity contribution < 1.29 is 14.9 Å². The molecule has 0 saturated carbocycles. The van der Waals surface area contributed by atoms with Crippen molar-refractivity contribution in [2.24, 2.45) is 0 Å². The zero-order valence-electron chi connectivity index (χ0n) is 9.44. The summed E-state index contributed by atoms with van der Waals surface area (Å²) in [6.07, 6.45) is -0.686. The minimum atomic E-state index is -0.686. The first-order valence-corrected chi connectivity index (χ1v) is 5.46. The second-order valence-corrected chi connectivity index (χ2v) is 4.17. The van der Waals surface area contributed by atoms with E-state index in [1.165, 1.54) is 13.2 Å². The van der Waals surface area contributed by atoms with E-state index in [1.807, 2.05) is 0 Å². The van der Waals surface area contributed by atoms with E-state index in [4.69, 9.17) is 16.3 Å². The molecule has 2 N–H and O–H groups in total. The van der Waals surface area contributed by atoms with Gasteiger partial charge in [0.25, 0.3) is 0 Å². The maximum atomic E-state index is 9.62. The number of nitrogens with zero attached hydrogens (tertiary/aromatic N) is 1. The summed E-state index contributed by atoms with van der Waals surface area (Å²) in [5.41, 5.74) is 1.15. The van der Waals surface area contributed by atoms with Crippen LogP contribution in [0.1, 0.15) is 18.6 Å². The van der Waals surface area contributed by atoms with Crippen molar-refractivity contribution in [1.82, 2.24) is 4.98 Å². The van der Waals surface area contributed by atoms with E-state index >= 15 is 0 Å². The van der Waals surface area contributed by atoms with Crippen molar-refractivity contribution in [3.05, 3.63) is 28.8 Å². The highest BCUT2D eigenvalue weighted by molar-refractivity contribution is 6.32. The van der Waals surface area contributed by atoms with E-state index < -0.39 is 6.10 Å². The first-order valence-electron chi connectivity index (χ1n) is 5.08. The normalized spacial score (nSPS) is 12.7. The van der Waals surface area contributed by atoms with Crippen LogP contribution < -0.4 is 4.74 Å². The lowest BCUT2D eigenvalue weighted by Gasteiger charge is -2.11. The Kier molecular flexibility index (Phi) is 3.09. The Morgan fingerprint density at radius 2 is 2.06 bits per heavy atom. The van der Waals surface area contributed by atoms with Crippen molar-refractivity contribution in [2.45, 2.75) is 13.0 Å². The molecule has 0 radical (unpaired) electrons. The number of aromatic nitrogens is 1. The van der Waals surface area contributed by atoms with Crippen LogP contribution in [-0.2, 0) is 0 Å². The summed E-state index contributed by atoms with van der Waals surface area (Å²) < 4.78 is 5.10. The molecule has 4 nitrogen and oxygen atoms in total. The predicted octanol–water partition coefficient (Wildman–Crippen LogP) is 2.66. The van der Waals surface area contributed by atoms with Gasteiger partial charge in [0.2, 0.25) is 5.88 Å². The van der Waals surface area contributed by atoms with E-state index in [2.05, 4.69) is 4.98 Å². The zero-order chi connectivity index (χ0) is 12.6. The number of hydrogen-bond acceptors (Lipinski definition) is 4. The lowest BCUT2D eigenvalue weighted by atomic mass is 10.1. The smallest absolute Gasteiger partial charge is 0.219 e. The van der Waals surface area contributed by atoms with Crippen molar-refractivity contribution >= 4 is 22.5 Å². The Labute approximate surface area is 103 Å². The lowest BCUT2D eigenvalue weighted by molar-refractivity contribution is 0.193. The van der Waals surface area contributed by atoms with Crippen molar-refractivity contribution in [2.75, 3.05) is 7.11 Å². The molecule has 1 aromatic heterocycles. The van der Waals surface area contributed by atoms with E-state index in [0.717, 1.165) is 5.39 Å². The molecule has 1 unspecified atom stereocenters. The summed E-state index contributed by atoms with van der Waals surface area (Å²) in [6, 6.07) is 4.81. The summed E-state index contributed by atoms with van der Waals surface area (Å²) in [5.74, 6) is 0.313. The van der Waals surface area contributed by atoms with Crippen molar-refractivity contribution in [3.63, 3.8) is 0 Å². The van der Waals surface area contributed by atoms with Crippen LogP contribution in [0.5, 0.6) is 11.6 Å². The summed E-state index contributed by atoms with van der Waals surface area (Å²) in [4.78, 5) is 4.22. The summed E-state index contributed by atoms with van der Waals surface area (Å²) >= 11 is 5.82. The van der Waals surface area contributed by atoms with Gasteiger partial charge in [-0.05, 0) is 19.1 Å². The number of phenolic OH excluding ortho intramolecular Hbond substituents is 1. The van der Waals surface area contributed by atoms with Gasteiger partial charge < -0.3 is 14.9 Å². The minimum absolute atomic E-state index is 0.0292. The van der Waals surface area contributed by atoms with Crippen molar-refractivity contribution in [3.8, 4) is 11.6 Å². The number of methoxy groups -OCH3 is 1. The highest BCUT2D eigenvalue weighted by Crippen LogP contribution is 2.32. The molecule has 0 aliphatic heterocycles. The third kappa shape index (κ3) is 2.14. The van der Waals surface area contributed by atoms with Gasteiger partial charge in [0.1, 0.15) is 5.75 Å². The fourth-order valence-corrected chi connectivity index (χ4v) is 1.82. The molecular formula is C12H12ClNO3. The number of benzene rings is 1. The number of hydrogen-bond donors (Lipinski definition) is 2. The summed E-state index contributed by atoms with van der Waals surface area (Å²) in [5, 5.41) is 20.1. The molecule has 90 valence electrons. The number of ether oxygens (including phenoxy) is 1. The number of aliphatic hydroxyl groups is 1. The number of halogens is 1. The average Bonchev–Trinajstić information content (AvgIpc) is 2.29. The van der Waals surface area contributed by atoms with Crippen LogP contribution in [0.2, 0.25) is 5.02 Å². The molecule has 0 fully saturated rings. The predicted molar refractivity (Wildman–Crippen MR) is 65.6 cm³/mol. The Hall–Kier alpha value is -1.52. The Morgan fingerprint density at radius 1 is 1.35 bits per heavy atom. The number of phenols is 1. The first-order chi connectivity index (χ1) is 8.02. The van der Waals surface area contributed by atoms with Gasteiger partial charge in [-0.1, -0.05) is 11.6 Å². The minimum Gasteiger partial charge on any atom is -0.506 e. The third-order valence-electron chi connectivity index (χ3n) is 2.52. The highest BCUT2D eigenvalue weighted by atomic mass is 35.5. The number of aliphatic hydroxyl groups excluding tert-OH is 1. The number of fused-ring (bicyclic) bond motifs is 1. The van der Waals surface area contributed by atoms with Crippen LogP contribution in [0.25, 0.3) is 10.9 Å². The van der Waals surface area contributed by atoms with Gasteiger partial charge in [-0.15, -0.1) is 0 Å². The zero-order valence-corrected chi connectivity index (χ0v) is 10.2. The van der Waals surface area contributed by atoms with Crippen LogP contribution >= 0.6 is 11.6 Å². The second kappa shape index (κ2) is 4.39. The van der Waals surface area contributed by atoms with Crippen LogP contribution in [0.4, 0.5) is 0 Å². The largest absolute Gasteiger partial charge is 0.506 e. The maximum Gasteiger partial charge on any atom is 0.219 e. The SMILES string of the molecule is COc1nc2cc(O)c(Cl)cc2cc1C(C)O. The topological polar surface area (TPSA) is 62.6 Å². The molecular weight excluding hydrogens is 242 g/mol. The molecule has 1 atom stereocenters. The second-order valence-electron chi connectivity index (χ2n) is 3.76. The highest BCUT2D eigenvalue weighted by Gasteiger charge is 2.13. The Bertz CT molecular complexity index is 569. The van der Waals surface area contributed by atoms with Crippen LogP contribution in [0, 0.1) is 0 Å². The van der Waals surface area contributed by atoms with Gasteiger partial charge in [-0.2, -0.15) is 0 Å². The van der Waals surface area contributed by atoms with Gasteiger partial charge in [0, 0.05) is 17.0 Å². The standard InChI is InChI=1S/C12H12ClNO3/c1-6(15)8-3-7-4-9(13)11(16)5-10(7)14-12(8)17-2/h3-6,15-16H,1-2H3. The average molecular weight is 254 g/mol. The molecule has 0 amide bonds. The molecule has 0 aliphatic rings. The monoisotopic (exact) mass is 253 g/mol. The third-order valence-corrected chi connectivity index (χ3v) is 2.82. The van der Waals surface area contributed by atoms with Gasteiger partial charge >= 0.3 is 0 Å². The molecule has 0 saturated heterocycles. The first kappa shape index (κ1) is 12.0.